The largest absolute Gasteiger partial charge is 0.453 e. The minimum Gasteiger partial charge on any atom is -0.453 e. The second kappa shape index (κ2) is 12.4. The quantitative estimate of drug-likeness (QED) is 0.248. The zero-order chi connectivity index (χ0) is 29.7. The van der Waals surface area contributed by atoms with Crippen LogP contribution in [0.15, 0.2) is 18.3 Å². The summed E-state index contributed by atoms with van der Waals surface area (Å²) >= 11 is 6.91. The molecule has 1 saturated heterocycles. The Balaban J connectivity index is 1.67. The van der Waals surface area contributed by atoms with Crippen molar-refractivity contribution in [2.45, 2.75) is 44.9 Å². The van der Waals surface area contributed by atoms with E-state index in [9.17, 15) is 20.4 Å². The van der Waals surface area contributed by atoms with Gasteiger partial charge in [-0.15, -0.1) is 5.10 Å². The number of alkyl carbamates (subject to hydrolysis) is 1. The van der Waals surface area contributed by atoms with E-state index in [0.717, 1.165) is 0 Å². The minimum absolute atomic E-state index is 0.150. The van der Waals surface area contributed by atoms with Gasteiger partial charge in [0.1, 0.15) is 6.07 Å². The molecule has 4 rings (SSSR count). The van der Waals surface area contributed by atoms with E-state index in [2.05, 4.69) is 48.5 Å². The molecule has 2 aromatic heterocycles. The van der Waals surface area contributed by atoms with Crippen LogP contribution >= 0.6 is 11.6 Å². The molecule has 5 N–H and O–H groups in total. The molecule has 3 heterocycles. The lowest BCUT2D eigenvalue weighted by Gasteiger charge is -2.41. The van der Waals surface area contributed by atoms with E-state index < -0.39 is 11.7 Å². The smallest absolute Gasteiger partial charge is 0.407 e. The number of anilines is 4. The van der Waals surface area contributed by atoms with Crippen LogP contribution in [0.4, 0.5) is 27.9 Å². The molecular weight excluding hydrogens is 550 g/mol. The molecule has 1 aliphatic rings. The molecule has 0 aliphatic carbocycles. The first-order chi connectivity index (χ1) is 19.6. The fraction of sp³-hybridized carbons (Fsp3) is 0.462. The van der Waals surface area contributed by atoms with Gasteiger partial charge < -0.3 is 36.0 Å². The Morgan fingerprint density at radius 3 is 2.73 bits per heavy atom. The average molecular weight is 582 g/mol. The standard InChI is InChI=1S/C26H32ClN11O3/c1-5-30-22-23-31-12-16(11-29)38(23)36-24(35-22)33-18-8-15(10-28)9-20(21(18)27)37-7-6-17(34-25(39)41-4)19(13-37)32-14-26(2,3)40/h8-9,12,17,19,32,40H,5-7,13-14H2,1-4H3,(H,34,39)(H2,30,33,35,36)/t17-,19-/m1/s1. The van der Waals surface area contributed by atoms with Crippen LogP contribution in [0.2, 0.25) is 5.02 Å². The molecule has 216 valence electrons. The molecule has 0 bridgehead atoms. The number of piperidine rings is 1. The van der Waals surface area contributed by atoms with Crippen LogP contribution in [-0.2, 0) is 4.74 Å². The number of aromatic nitrogens is 4. The number of carbonyl (C=O) groups excluding carboxylic acids is 1. The number of ether oxygens (including phenoxy) is 1. The maximum Gasteiger partial charge on any atom is 0.407 e. The predicted octanol–water partition coefficient (Wildman–Crippen LogP) is 2.36. The monoisotopic (exact) mass is 581 g/mol. The van der Waals surface area contributed by atoms with Gasteiger partial charge in [0.15, 0.2) is 17.2 Å². The predicted molar refractivity (Wildman–Crippen MR) is 153 cm³/mol. The molecule has 1 amide bonds. The summed E-state index contributed by atoms with van der Waals surface area (Å²) in [5.41, 5.74) is 1.02. The third-order valence-corrected chi connectivity index (χ3v) is 6.89. The van der Waals surface area contributed by atoms with Gasteiger partial charge in [-0.05, 0) is 39.3 Å². The normalized spacial score (nSPS) is 17.0. The van der Waals surface area contributed by atoms with Crippen LogP contribution in [0.25, 0.3) is 5.65 Å². The number of benzene rings is 1. The van der Waals surface area contributed by atoms with Gasteiger partial charge in [0.05, 0.1) is 53.0 Å². The molecule has 0 radical (unpaired) electrons. The van der Waals surface area contributed by atoms with Crippen molar-refractivity contribution < 1.29 is 14.6 Å². The summed E-state index contributed by atoms with van der Waals surface area (Å²) in [7, 11) is 1.31. The maximum atomic E-state index is 12.0. The first kappa shape index (κ1) is 29.6. The van der Waals surface area contributed by atoms with Gasteiger partial charge in [-0.1, -0.05) is 11.6 Å². The number of aliphatic hydroxyl groups is 1. The lowest BCUT2D eigenvalue weighted by molar-refractivity contribution is 0.0737. The highest BCUT2D eigenvalue weighted by Gasteiger charge is 2.33. The van der Waals surface area contributed by atoms with Crippen molar-refractivity contribution in [3.8, 4) is 12.1 Å². The Morgan fingerprint density at radius 2 is 2.07 bits per heavy atom. The van der Waals surface area contributed by atoms with Crippen LogP contribution in [0.5, 0.6) is 0 Å². The Hall–Kier alpha value is -4.37. The van der Waals surface area contributed by atoms with Crippen LogP contribution in [-0.4, -0.2) is 81.8 Å². The van der Waals surface area contributed by atoms with Gasteiger partial charge in [0.2, 0.25) is 5.95 Å². The van der Waals surface area contributed by atoms with Crippen molar-refractivity contribution in [2.24, 2.45) is 0 Å². The molecule has 1 aliphatic heterocycles. The number of halogens is 1. The summed E-state index contributed by atoms with van der Waals surface area (Å²) in [6.45, 7) is 7.10. The molecule has 3 aromatic rings. The van der Waals surface area contributed by atoms with Crippen molar-refractivity contribution in [3.63, 3.8) is 0 Å². The van der Waals surface area contributed by atoms with Crippen molar-refractivity contribution in [3.05, 3.63) is 34.6 Å². The zero-order valence-electron chi connectivity index (χ0n) is 23.2. The lowest BCUT2D eigenvalue weighted by Crippen LogP contribution is -2.61. The summed E-state index contributed by atoms with van der Waals surface area (Å²) in [6.07, 6.45) is 1.43. The molecule has 1 aromatic carbocycles. The van der Waals surface area contributed by atoms with Crippen molar-refractivity contribution in [1.82, 2.24) is 30.2 Å². The summed E-state index contributed by atoms with van der Waals surface area (Å²) in [6, 6.07) is 7.02. The van der Waals surface area contributed by atoms with Gasteiger partial charge in [-0.2, -0.15) is 20.0 Å². The third-order valence-electron chi connectivity index (χ3n) is 6.49. The third kappa shape index (κ3) is 6.86. The summed E-state index contributed by atoms with van der Waals surface area (Å²) in [5.74, 6) is 0.580. The zero-order valence-corrected chi connectivity index (χ0v) is 24.0. The SMILES string of the molecule is CCNc1nc(Nc2cc(C#N)cc(N3CC[C@@H](NC(=O)OC)[C@H](NCC(C)(C)O)C3)c2Cl)nn2c(C#N)cnc12. The van der Waals surface area contributed by atoms with Crippen LogP contribution in [0.3, 0.4) is 0 Å². The average Bonchev–Trinajstić information content (AvgIpc) is 3.36. The number of nitrogens with one attached hydrogen (secondary N) is 4. The van der Waals surface area contributed by atoms with Crippen molar-refractivity contribution in [2.75, 3.05) is 48.8 Å². The number of fused-ring (bicyclic) bond motifs is 1. The van der Waals surface area contributed by atoms with Crippen molar-refractivity contribution in [1.29, 1.82) is 10.5 Å². The Morgan fingerprint density at radius 1 is 1.29 bits per heavy atom. The first-order valence-electron chi connectivity index (χ1n) is 13.0. The number of imidazole rings is 1. The van der Waals surface area contributed by atoms with Crippen LogP contribution in [0, 0.1) is 22.7 Å². The van der Waals surface area contributed by atoms with Crippen LogP contribution < -0.4 is 26.2 Å². The Labute approximate surface area is 242 Å². The fourth-order valence-electron chi connectivity index (χ4n) is 4.55. The highest BCUT2D eigenvalue weighted by molar-refractivity contribution is 6.36. The number of amides is 1. The Kier molecular flexibility index (Phi) is 8.98. The Bertz CT molecular complexity index is 1510. The van der Waals surface area contributed by atoms with E-state index in [0.29, 0.717) is 59.5 Å². The number of methoxy groups -OCH3 is 1. The molecule has 2 atom stereocenters. The van der Waals surface area contributed by atoms with Crippen LogP contribution in [0.1, 0.15) is 38.4 Å². The van der Waals surface area contributed by atoms with E-state index in [1.165, 1.54) is 17.8 Å². The summed E-state index contributed by atoms with van der Waals surface area (Å²) in [5, 5.41) is 46.7. The van der Waals surface area contributed by atoms with E-state index >= 15 is 0 Å². The number of rotatable bonds is 9. The number of hydrogen-bond acceptors (Lipinski definition) is 12. The fourth-order valence-corrected chi connectivity index (χ4v) is 4.83. The van der Waals surface area contributed by atoms with E-state index in [1.807, 2.05) is 11.8 Å². The van der Waals surface area contributed by atoms with Gasteiger partial charge >= 0.3 is 6.09 Å². The van der Waals surface area contributed by atoms with E-state index in [1.54, 1.807) is 26.0 Å². The highest BCUT2D eigenvalue weighted by atomic mass is 35.5. The van der Waals surface area contributed by atoms with Gasteiger partial charge in [-0.3, -0.25) is 0 Å². The number of hydrogen-bond donors (Lipinski definition) is 5. The molecule has 41 heavy (non-hydrogen) atoms. The summed E-state index contributed by atoms with van der Waals surface area (Å²) < 4.78 is 6.18. The summed E-state index contributed by atoms with van der Waals surface area (Å²) in [4.78, 5) is 22.7. The van der Waals surface area contributed by atoms with Gasteiger partial charge in [0, 0.05) is 32.2 Å². The minimum atomic E-state index is -0.971. The molecule has 0 saturated carbocycles. The second-order valence-corrected chi connectivity index (χ2v) is 10.6. The lowest BCUT2D eigenvalue weighted by atomic mass is 9.97. The second-order valence-electron chi connectivity index (χ2n) is 10.2. The maximum absolute atomic E-state index is 12.0. The van der Waals surface area contributed by atoms with E-state index in [4.69, 9.17) is 16.3 Å². The number of carbonyl (C=O) groups is 1. The first-order valence-corrected chi connectivity index (χ1v) is 13.4. The molecule has 0 spiro atoms. The topological polar surface area (TPSA) is 189 Å². The van der Waals surface area contributed by atoms with Crippen molar-refractivity contribution >= 4 is 46.5 Å². The van der Waals surface area contributed by atoms with E-state index in [-0.39, 0.29) is 30.3 Å². The number of nitriles is 2. The molecular formula is C26H32ClN11O3. The van der Waals surface area contributed by atoms with Gasteiger partial charge in [0.25, 0.3) is 0 Å². The highest BCUT2D eigenvalue weighted by Crippen LogP contribution is 2.37. The molecule has 15 heteroatoms. The molecule has 0 unspecified atom stereocenters. The molecule has 14 nitrogen and oxygen atoms in total. The molecule has 1 fully saturated rings. The van der Waals surface area contributed by atoms with Gasteiger partial charge in [-0.25, -0.2) is 9.78 Å². The number of nitrogens with zero attached hydrogens (tertiary/aromatic N) is 7.